The van der Waals surface area contributed by atoms with E-state index >= 15 is 0 Å². The van der Waals surface area contributed by atoms with Crippen molar-refractivity contribution in [3.63, 3.8) is 0 Å². The lowest BCUT2D eigenvalue weighted by molar-refractivity contribution is -0.134. The van der Waals surface area contributed by atoms with Crippen molar-refractivity contribution >= 4 is 11.8 Å². The van der Waals surface area contributed by atoms with Crippen molar-refractivity contribution in [3.05, 3.63) is 0 Å². The normalized spacial score (nSPS) is 18.2. The first-order valence-electron chi connectivity index (χ1n) is 7.33. The standard InChI is InChI=1S/C14H27N3O2/c1-3-4-5-13(15)14(19)17-8-6-12(7-9-17)10-16-11(2)18/h12-13H,3-10,15H2,1-2H3,(H,16,18)/t13-/m0/s1. The van der Waals surface area contributed by atoms with Gasteiger partial charge < -0.3 is 16.0 Å². The highest BCUT2D eigenvalue weighted by atomic mass is 16.2. The van der Waals surface area contributed by atoms with E-state index in [1.165, 1.54) is 6.92 Å². The number of carbonyl (C=O) groups excluding carboxylic acids is 2. The quantitative estimate of drug-likeness (QED) is 0.751. The van der Waals surface area contributed by atoms with E-state index in [4.69, 9.17) is 5.73 Å². The molecule has 19 heavy (non-hydrogen) atoms. The number of nitrogens with zero attached hydrogens (tertiary/aromatic N) is 1. The summed E-state index contributed by atoms with van der Waals surface area (Å²) in [5.41, 5.74) is 5.92. The molecule has 5 nitrogen and oxygen atoms in total. The molecule has 1 atom stereocenters. The van der Waals surface area contributed by atoms with E-state index < -0.39 is 0 Å². The van der Waals surface area contributed by atoms with Crippen molar-refractivity contribution in [2.45, 2.75) is 52.0 Å². The summed E-state index contributed by atoms with van der Waals surface area (Å²) in [4.78, 5) is 24.8. The topological polar surface area (TPSA) is 75.4 Å². The number of hydrogen-bond donors (Lipinski definition) is 2. The largest absolute Gasteiger partial charge is 0.356 e. The van der Waals surface area contributed by atoms with Gasteiger partial charge >= 0.3 is 0 Å². The number of rotatable bonds is 6. The molecule has 0 aromatic rings. The van der Waals surface area contributed by atoms with Crippen LogP contribution in [0.25, 0.3) is 0 Å². The van der Waals surface area contributed by atoms with E-state index in [2.05, 4.69) is 12.2 Å². The van der Waals surface area contributed by atoms with E-state index in [9.17, 15) is 9.59 Å². The molecule has 5 heteroatoms. The lowest BCUT2D eigenvalue weighted by atomic mass is 9.96. The van der Waals surface area contributed by atoms with Crippen LogP contribution in [0.5, 0.6) is 0 Å². The van der Waals surface area contributed by atoms with Crippen LogP contribution in [-0.2, 0) is 9.59 Å². The lowest BCUT2D eigenvalue weighted by Crippen LogP contribution is -2.48. The summed E-state index contributed by atoms with van der Waals surface area (Å²) in [6.07, 6.45) is 4.76. The van der Waals surface area contributed by atoms with Gasteiger partial charge in [0.1, 0.15) is 0 Å². The molecule has 1 saturated heterocycles. The Labute approximate surface area is 115 Å². The van der Waals surface area contributed by atoms with Crippen LogP contribution in [0.1, 0.15) is 46.0 Å². The van der Waals surface area contributed by atoms with Gasteiger partial charge in [0.15, 0.2) is 0 Å². The third kappa shape index (κ3) is 5.59. The minimum absolute atomic E-state index is 0.0140. The maximum Gasteiger partial charge on any atom is 0.239 e. The molecular weight excluding hydrogens is 242 g/mol. The number of nitrogens with one attached hydrogen (secondary N) is 1. The molecule has 110 valence electrons. The summed E-state index contributed by atoms with van der Waals surface area (Å²) >= 11 is 0. The number of hydrogen-bond acceptors (Lipinski definition) is 3. The van der Waals surface area contributed by atoms with Gasteiger partial charge in [-0.3, -0.25) is 9.59 Å². The maximum absolute atomic E-state index is 12.1. The van der Waals surface area contributed by atoms with Gasteiger partial charge in [0, 0.05) is 26.6 Å². The molecule has 1 aliphatic heterocycles. The Hall–Kier alpha value is -1.10. The molecule has 1 heterocycles. The fourth-order valence-electron chi connectivity index (χ4n) is 2.43. The van der Waals surface area contributed by atoms with Crippen molar-refractivity contribution in [1.82, 2.24) is 10.2 Å². The fraction of sp³-hybridized carbons (Fsp3) is 0.857. The van der Waals surface area contributed by atoms with Crippen LogP contribution in [0.2, 0.25) is 0 Å². The van der Waals surface area contributed by atoms with Gasteiger partial charge in [-0.25, -0.2) is 0 Å². The minimum atomic E-state index is -0.341. The third-order valence-electron chi connectivity index (χ3n) is 3.75. The second-order valence-corrected chi connectivity index (χ2v) is 5.45. The number of amides is 2. The molecule has 3 N–H and O–H groups in total. The number of unbranched alkanes of at least 4 members (excludes halogenated alkanes) is 1. The zero-order chi connectivity index (χ0) is 14.3. The van der Waals surface area contributed by atoms with Gasteiger partial charge in [-0.05, 0) is 25.2 Å². The van der Waals surface area contributed by atoms with Gasteiger partial charge in [-0.15, -0.1) is 0 Å². The average molecular weight is 269 g/mol. The van der Waals surface area contributed by atoms with Gasteiger partial charge in [-0.1, -0.05) is 19.8 Å². The molecule has 1 rings (SSSR count). The highest BCUT2D eigenvalue weighted by Crippen LogP contribution is 2.17. The minimum Gasteiger partial charge on any atom is -0.356 e. The third-order valence-corrected chi connectivity index (χ3v) is 3.75. The van der Waals surface area contributed by atoms with Crippen LogP contribution in [-0.4, -0.2) is 42.4 Å². The van der Waals surface area contributed by atoms with Crippen molar-refractivity contribution in [2.75, 3.05) is 19.6 Å². The predicted octanol–water partition coefficient (Wildman–Crippen LogP) is 0.879. The Bertz CT molecular complexity index is 299. The Kier molecular flexibility index (Phi) is 6.84. The van der Waals surface area contributed by atoms with Crippen molar-refractivity contribution in [3.8, 4) is 0 Å². The Morgan fingerprint density at radius 1 is 1.37 bits per heavy atom. The summed E-state index contributed by atoms with van der Waals surface area (Å²) in [6.45, 7) is 5.89. The summed E-state index contributed by atoms with van der Waals surface area (Å²) in [5, 5.41) is 2.84. The van der Waals surface area contributed by atoms with Crippen molar-refractivity contribution in [1.29, 1.82) is 0 Å². The first-order chi connectivity index (χ1) is 9.04. The highest BCUT2D eigenvalue weighted by Gasteiger charge is 2.25. The Morgan fingerprint density at radius 3 is 2.53 bits per heavy atom. The van der Waals surface area contributed by atoms with Gasteiger partial charge in [-0.2, -0.15) is 0 Å². The zero-order valence-corrected chi connectivity index (χ0v) is 12.2. The van der Waals surface area contributed by atoms with Crippen LogP contribution in [0.15, 0.2) is 0 Å². The van der Waals surface area contributed by atoms with E-state index in [1.807, 2.05) is 4.90 Å². The molecule has 0 aliphatic carbocycles. The molecule has 2 amide bonds. The molecule has 1 fully saturated rings. The van der Waals surface area contributed by atoms with Crippen molar-refractivity contribution in [2.24, 2.45) is 11.7 Å². The predicted molar refractivity (Wildman–Crippen MR) is 75.5 cm³/mol. The van der Waals surface area contributed by atoms with Crippen LogP contribution in [0, 0.1) is 5.92 Å². The first kappa shape index (κ1) is 16.0. The molecular formula is C14H27N3O2. The Balaban J connectivity index is 2.28. The van der Waals surface area contributed by atoms with E-state index in [1.54, 1.807) is 0 Å². The number of likely N-dealkylation sites (tertiary alicyclic amines) is 1. The maximum atomic E-state index is 12.1. The second-order valence-electron chi connectivity index (χ2n) is 5.45. The molecule has 0 aromatic carbocycles. The fourth-order valence-corrected chi connectivity index (χ4v) is 2.43. The average Bonchev–Trinajstić information content (AvgIpc) is 2.42. The van der Waals surface area contributed by atoms with Gasteiger partial charge in [0.05, 0.1) is 6.04 Å². The van der Waals surface area contributed by atoms with Crippen LogP contribution in [0.3, 0.4) is 0 Å². The molecule has 0 spiro atoms. The molecule has 0 saturated carbocycles. The number of nitrogens with two attached hydrogens (primary N) is 1. The summed E-state index contributed by atoms with van der Waals surface area (Å²) in [7, 11) is 0. The van der Waals surface area contributed by atoms with Crippen LogP contribution >= 0.6 is 0 Å². The number of carbonyl (C=O) groups is 2. The lowest BCUT2D eigenvalue weighted by Gasteiger charge is -2.33. The van der Waals surface area contributed by atoms with Gasteiger partial charge in [0.2, 0.25) is 11.8 Å². The summed E-state index contributed by atoms with van der Waals surface area (Å²) < 4.78 is 0. The second kappa shape index (κ2) is 8.15. The van der Waals surface area contributed by atoms with E-state index in [-0.39, 0.29) is 17.9 Å². The van der Waals surface area contributed by atoms with E-state index in [0.717, 1.165) is 51.7 Å². The number of piperidine rings is 1. The van der Waals surface area contributed by atoms with Crippen LogP contribution < -0.4 is 11.1 Å². The summed E-state index contributed by atoms with van der Waals surface area (Å²) in [6, 6.07) is -0.341. The van der Waals surface area contributed by atoms with Crippen molar-refractivity contribution < 1.29 is 9.59 Å². The molecule has 0 unspecified atom stereocenters. The monoisotopic (exact) mass is 269 g/mol. The van der Waals surface area contributed by atoms with Crippen LogP contribution in [0.4, 0.5) is 0 Å². The van der Waals surface area contributed by atoms with Gasteiger partial charge in [0.25, 0.3) is 0 Å². The SMILES string of the molecule is CCCC[C@H](N)C(=O)N1CCC(CNC(C)=O)CC1. The Morgan fingerprint density at radius 2 is 2.00 bits per heavy atom. The molecule has 0 bridgehead atoms. The highest BCUT2D eigenvalue weighted by molar-refractivity contribution is 5.81. The molecule has 0 radical (unpaired) electrons. The molecule has 1 aliphatic rings. The molecule has 0 aromatic heterocycles. The zero-order valence-electron chi connectivity index (χ0n) is 12.2. The smallest absolute Gasteiger partial charge is 0.239 e. The van der Waals surface area contributed by atoms with E-state index in [0.29, 0.717) is 5.92 Å². The first-order valence-corrected chi connectivity index (χ1v) is 7.33. The summed E-state index contributed by atoms with van der Waals surface area (Å²) in [5.74, 6) is 0.589.